The molecule has 4 heteroatoms. The zero-order valence-electron chi connectivity index (χ0n) is 9.18. The molecule has 84 valence electrons. The largest absolute Gasteiger partial charge is 0.271 e. The zero-order chi connectivity index (χ0) is 11.4. The Kier molecular flexibility index (Phi) is 3.66. The van der Waals surface area contributed by atoms with Gasteiger partial charge in [-0.1, -0.05) is 29.8 Å². The van der Waals surface area contributed by atoms with Crippen LogP contribution in [0.2, 0.25) is 0 Å². The van der Waals surface area contributed by atoms with E-state index in [0.29, 0.717) is 0 Å². The van der Waals surface area contributed by atoms with Gasteiger partial charge in [0.05, 0.1) is 11.6 Å². The Balaban J connectivity index is 2.13. The van der Waals surface area contributed by atoms with E-state index < -0.39 is 0 Å². The molecule has 16 heavy (non-hydrogen) atoms. The lowest BCUT2D eigenvalue weighted by Crippen LogP contribution is -2.29. The second kappa shape index (κ2) is 5.21. The van der Waals surface area contributed by atoms with E-state index in [9.17, 15) is 0 Å². The topological polar surface area (TPSA) is 50.9 Å². The fraction of sp³-hybridized carbons (Fsp3) is 0.250. The van der Waals surface area contributed by atoms with E-state index in [-0.39, 0.29) is 6.04 Å². The van der Waals surface area contributed by atoms with Crippen molar-refractivity contribution in [3.63, 3.8) is 0 Å². The number of thiazole rings is 1. The first-order chi connectivity index (χ1) is 7.79. The van der Waals surface area contributed by atoms with E-state index in [2.05, 4.69) is 41.6 Å². The average Bonchev–Trinajstić information content (AvgIpc) is 2.80. The van der Waals surface area contributed by atoms with Crippen LogP contribution in [0, 0.1) is 6.92 Å². The van der Waals surface area contributed by atoms with Crippen molar-refractivity contribution < 1.29 is 0 Å². The number of hydrazine groups is 1. The third-order valence-corrected chi connectivity index (χ3v) is 3.37. The quantitative estimate of drug-likeness (QED) is 0.629. The second-order valence-corrected chi connectivity index (χ2v) is 4.77. The highest BCUT2D eigenvalue weighted by Gasteiger charge is 2.10. The van der Waals surface area contributed by atoms with Crippen LogP contribution >= 0.6 is 11.3 Å². The lowest BCUT2D eigenvalue weighted by atomic mass is 10.0. The molecule has 0 aliphatic rings. The first kappa shape index (κ1) is 11.3. The van der Waals surface area contributed by atoms with E-state index in [0.717, 1.165) is 6.42 Å². The molecule has 2 aromatic rings. The Hall–Kier alpha value is -1.23. The molecule has 1 heterocycles. The third-order valence-electron chi connectivity index (χ3n) is 2.57. The molecule has 1 atom stereocenters. The maximum atomic E-state index is 5.59. The summed E-state index contributed by atoms with van der Waals surface area (Å²) < 4.78 is 0. The predicted molar refractivity (Wildman–Crippen MR) is 67.1 cm³/mol. The number of nitrogens with one attached hydrogen (secondary N) is 1. The predicted octanol–water partition coefficient (Wildman–Crippen LogP) is 2.20. The summed E-state index contributed by atoms with van der Waals surface area (Å²) in [6.07, 6.45) is 2.77. The Labute approximate surface area is 99.3 Å². The molecule has 1 aromatic carbocycles. The monoisotopic (exact) mass is 233 g/mol. The number of nitrogens with zero attached hydrogens (tertiary/aromatic N) is 1. The molecule has 0 radical (unpaired) electrons. The number of hydrogen-bond donors (Lipinski definition) is 2. The first-order valence-corrected chi connectivity index (χ1v) is 6.07. The molecule has 0 aliphatic heterocycles. The summed E-state index contributed by atoms with van der Waals surface area (Å²) in [4.78, 5) is 5.31. The lowest BCUT2D eigenvalue weighted by Gasteiger charge is -2.15. The summed E-state index contributed by atoms with van der Waals surface area (Å²) in [5.41, 5.74) is 7.17. The molecule has 3 nitrogen and oxygen atoms in total. The van der Waals surface area contributed by atoms with E-state index >= 15 is 0 Å². The number of aromatic nitrogens is 1. The van der Waals surface area contributed by atoms with Crippen molar-refractivity contribution in [3.8, 4) is 0 Å². The second-order valence-electron chi connectivity index (χ2n) is 3.80. The molecular formula is C12H15N3S. The fourth-order valence-electron chi connectivity index (χ4n) is 1.62. The van der Waals surface area contributed by atoms with Crippen molar-refractivity contribution in [3.05, 3.63) is 52.0 Å². The number of hydrogen-bond acceptors (Lipinski definition) is 4. The van der Waals surface area contributed by atoms with Crippen LogP contribution in [0.15, 0.2) is 36.0 Å². The van der Waals surface area contributed by atoms with Crippen LogP contribution in [0.5, 0.6) is 0 Å². The maximum absolute atomic E-state index is 5.59. The molecule has 0 bridgehead atoms. The first-order valence-electron chi connectivity index (χ1n) is 5.19. The molecule has 2 rings (SSSR count). The lowest BCUT2D eigenvalue weighted by molar-refractivity contribution is 0.555. The van der Waals surface area contributed by atoms with Gasteiger partial charge in [0.2, 0.25) is 0 Å². The Bertz CT molecular complexity index is 422. The normalized spacial score (nSPS) is 12.6. The minimum absolute atomic E-state index is 0.154. The molecule has 0 amide bonds. The highest BCUT2D eigenvalue weighted by atomic mass is 32.1. The van der Waals surface area contributed by atoms with E-state index in [4.69, 9.17) is 5.84 Å². The summed E-state index contributed by atoms with van der Waals surface area (Å²) in [6, 6.07) is 8.58. The number of rotatable bonds is 4. The molecule has 0 spiro atoms. The van der Waals surface area contributed by atoms with E-state index in [1.807, 2.05) is 11.7 Å². The van der Waals surface area contributed by atoms with Gasteiger partial charge in [-0.15, -0.1) is 11.3 Å². The van der Waals surface area contributed by atoms with Gasteiger partial charge >= 0.3 is 0 Å². The Morgan fingerprint density at radius 3 is 2.69 bits per heavy atom. The van der Waals surface area contributed by atoms with Crippen LogP contribution in [0.1, 0.15) is 22.0 Å². The molecule has 0 aliphatic carbocycles. The molecular weight excluding hydrogens is 218 g/mol. The minimum atomic E-state index is 0.154. The molecule has 3 N–H and O–H groups in total. The van der Waals surface area contributed by atoms with Crippen molar-refractivity contribution in [2.45, 2.75) is 19.4 Å². The molecule has 1 aromatic heterocycles. The molecule has 1 unspecified atom stereocenters. The van der Waals surface area contributed by atoms with Gasteiger partial charge in [-0.2, -0.15) is 0 Å². The van der Waals surface area contributed by atoms with Gasteiger partial charge in [0.15, 0.2) is 0 Å². The summed E-state index contributed by atoms with van der Waals surface area (Å²) in [5, 5.41) is 0. The number of nitrogens with two attached hydrogens (primary N) is 1. The third kappa shape index (κ3) is 2.66. The maximum Gasteiger partial charge on any atom is 0.0794 e. The Morgan fingerprint density at radius 1 is 1.38 bits per heavy atom. The summed E-state index contributed by atoms with van der Waals surface area (Å²) in [5.74, 6) is 5.59. The van der Waals surface area contributed by atoms with Crippen molar-refractivity contribution in [1.29, 1.82) is 0 Å². The zero-order valence-corrected chi connectivity index (χ0v) is 10.00. The SMILES string of the molecule is Cc1ccc(C(Cc2cncs2)NN)cc1. The van der Waals surface area contributed by atoms with Gasteiger partial charge < -0.3 is 0 Å². The molecule has 0 saturated carbocycles. The standard InChI is InChI=1S/C12H15N3S/c1-9-2-4-10(5-3-9)12(15-13)6-11-7-14-8-16-11/h2-5,7-8,12,15H,6,13H2,1H3. The van der Waals surface area contributed by atoms with Crippen LogP contribution in [0.3, 0.4) is 0 Å². The average molecular weight is 233 g/mol. The van der Waals surface area contributed by atoms with Crippen molar-refractivity contribution in [2.24, 2.45) is 5.84 Å². The van der Waals surface area contributed by atoms with Crippen LogP contribution in [0.25, 0.3) is 0 Å². The molecule has 0 fully saturated rings. The molecule has 0 saturated heterocycles. The van der Waals surface area contributed by atoms with Gasteiger partial charge in [-0.3, -0.25) is 16.3 Å². The Morgan fingerprint density at radius 2 is 2.12 bits per heavy atom. The smallest absolute Gasteiger partial charge is 0.0794 e. The summed E-state index contributed by atoms with van der Waals surface area (Å²) >= 11 is 1.66. The van der Waals surface area contributed by atoms with Gasteiger partial charge in [0.1, 0.15) is 0 Å². The highest BCUT2D eigenvalue weighted by Crippen LogP contribution is 2.20. The van der Waals surface area contributed by atoms with Crippen molar-refractivity contribution in [2.75, 3.05) is 0 Å². The van der Waals surface area contributed by atoms with Gasteiger partial charge in [-0.05, 0) is 12.5 Å². The van der Waals surface area contributed by atoms with Crippen LogP contribution in [-0.4, -0.2) is 4.98 Å². The minimum Gasteiger partial charge on any atom is -0.271 e. The van der Waals surface area contributed by atoms with Crippen LogP contribution in [0.4, 0.5) is 0 Å². The van der Waals surface area contributed by atoms with E-state index in [1.54, 1.807) is 11.3 Å². The van der Waals surface area contributed by atoms with E-state index in [1.165, 1.54) is 16.0 Å². The van der Waals surface area contributed by atoms with Crippen molar-refractivity contribution >= 4 is 11.3 Å². The van der Waals surface area contributed by atoms with Gasteiger partial charge in [0, 0.05) is 17.5 Å². The number of benzene rings is 1. The summed E-state index contributed by atoms with van der Waals surface area (Å²) in [6.45, 7) is 2.08. The summed E-state index contributed by atoms with van der Waals surface area (Å²) in [7, 11) is 0. The number of aryl methyl sites for hydroxylation is 1. The van der Waals surface area contributed by atoms with Crippen LogP contribution in [-0.2, 0) is 6.42 Å². The van der Waals surface area contributed by atoms with Crippen molar-refractivity contribution in [1.82, 2.24) is 10.4 Å². The van der Waals surface area contributed by atoms with Gasteiger partial charge in [-0.25, -0.2) is 0 Å². The fourth-order valence-corrected chi connectivity index (χ4v) is 2.26. The highest BCUT2D eigenvalue weighted by molar-refractivity contribution is 7.09. The van der Waals surface area contributed by atoms with Gasteiger partial charge in [0.25, 0.3) is 0 Å². The van der Waals surface area contributed by atoms with Crippen LogP contribution < -0.4 is 11.3 Å².